The Morgan fingerprint density at radius 2 is 2.00 bits per heavy atom. The van der Waals surface area contributed by atoms with E-state index in [0.29, 0.717) is 24.7 Å². The van der Waals surface area contributed by atoms with Crippen LogP contribution in [0.3, 0.4) is 0 Å². The minimum atomic E-state index is 0.0685. The molecule has 3 aromatic rings. The van der Waals surface area contributed by atoms with Gasteiger partial charge in [0.05, 0.1) is 18.1 Å². The molecule has 0 radical (unpaired) electrons. The van der Waals surface area contributed by atoms with Gasteiger partial charge in [-0.2, -0.15) is 5.10 Å². The molecule has 2 heterocycles. The highest BCUT2D eigenvalue weighted by atomic mass is 32.2. The van der Waals surface area contributed by atoms with Crippen molar-refractivity contribution in [2.24, 2.45) is 0 Å². The lowest BCUT2D eigenvalue weighted by Crippen LogP contribution is -2.27. The van der Waals surface area contributed by atoms with Gasteiger partial charge < -0.3 is 10.6 Å². The minimum absolute atomic E-state index is 0.0685. The van der Waals surface area contributed by atoms with E-state index >= 15 is 0 Å². The topological polar surface area (TPSA) is 84.7 Å². The monoisotopic (exact) mass is 412 g/mol. The molecule has 0 atom stereocenters. The van der Waals surface area contributed by atoms with E-state index in [4.69, 9.17) is 0 Å². The zero-order valence-electron chi connectivity index (χ0n) is 17.2. The van der Waals surface area contributed by atoms with Gasteiger partial charge in [0, 0.05) is 19.0 Å². The van der Waals surface area contributed by atoms with Gasteiger partial charge in [0.2, 0.25) is 5.91 Å². The number of hydrogen-bond acceptors (Lipinski definition) is 6. The Kier molecular flexibility index (Phi) is 7.46. The summed E-state index contributed by atoms with van der Waals surface area (Å²) in [6.45, 7) is 5.24. The fourth-order valence-electron chi connectivity index (χ4n) is 3.06. The fourth-order valence-corrected chi connectivity index (χ4v) is 3.42. The first-order valence-electron chi connectivity index (χ1n) is 9.91. The van der Waals surface area contributed by atoms with E-state index in [1.165, 1.54) is 17.3 Å². The number of carbonyl (C=O) groups is 1. The van der Waals surface area contributed by atoms with Crippen LogP contribution in [-0.4, -0.2) is 44.5 Å². The van der Waals surface area contributed by atoms with E-state index in [-0.39, 0.29) is 11.9 Å². The maximum atomic E-state index is 12.1. The molecule has 8 heteroatoms. The molecular formula is C21H28N6OS. The van der Waals surface area contributed by atoms with Gasteiger partial charge in [-0.3, -0.25) is 4.79 Å². The molecule has 0 aliphatic heterocycles. The quantitative estimate of drug-likeness (QED) is 0.392. The molecule has 154 valence electrons. The number of rotatable bonds is 10. The highest BCUT2D eigenvalue weighted by Crippen LogP contribution is 2.23. The number of nitrogens with zero attached hydrogens (tertiary/aromatic N) is 4. The highest BCUT2D eigenvalue weighted by Gasteiger charge is 2.13. The lowest BCUT2D eigenvalue weighted by molar-refractivity contribution is -0.121. The molecule has 2 aromatic heterocycles. The Labute approximate surface area is 175 Å². The molecule has 0 spiro atoms. The van der Waals surface area contributed by atoms with Crippen LogP contribution in [0.2, 0.25) is 0 Å². The maximum Gasteiger partial charge on any atom is 0.220 e. The van der Waals surface area contributed by atoms with Crippen molar-refractivity contribution >= 4 is 34.5 Å². The molecule has 3 rings (SSSR count). The lowest BCUT2D eigenvalue weighted by atomic mass is 10.1. The van der Waals surface area contributed by atoms with Crippen LogP contribution in [0.15, 0.2) is 41.7 Å². The smallest absolute Gasteiger partial charge is 0.220 e. The third-order valence-corrected chi connectivity index (χ3v) is 4.99. The van der Waals surface area contributed by atoms with Crippen molar-refractivity contribution in [1.29, 1.82) is 0 Å². The second-order valence-corrected chi connectivity index (χ2v) is 7.93. The Bertz CT molecular complexity index is 941. The van der Waals surface area contributed by atoms with Crippen LogP contribution in [0.4, 0.5) is 5.82 Å². The normalized spacial score (nSPS) is 11.2. The molecule has 2 N–H and O–H groups in total. The number of aryl methyl sites for hydroxylation is 1. The number of carbonyl (C=O) groups excluding carboxylic acids is 1. The predicted molar refractivity (Wildman–Crippen MR) is 118 cm³/mol. The van der Waals surface area contributed by atoms with Gasteiger partial charge in [-0.15, -0.1) is 0 Å². The van der Waals surface area contributed by atoms with Crippen LogP contribution in [0.5, 0.6) is 0 Å². The first kappa shape index (κ1) is 21.1. The van der Waals surface area contributed by atoms with E-state index in [9.17, 15) is 4.79 Å². The van der Waals surface area contributed by atoms with E-state index in [2.05, 4.69) is 51.7 Å². The van der Waals surface area contributed by atoms with Crippen LogP contribution >= 0.6 is 11.8 Å². The van der Waals surface area contributed by atoms with Crippen molar-refractivity contribution in [3.05, 3.63) is 42.1 Å². The van der Waals surface area contributed by atoms with Gasteiger partial charge in [0.25, 0.3) is 0 Å². The Morgan fingerprint density at radius 3 is 2.72 bits per heavy atom. The summed E-state index contributed by atoms with van der Waals surface area (Å²) >= 11 is 1.50. The molecule has 7 nitrogen and oxygen atoms in total. The molecule has 1 aromatic carbocycles. The van der Waals surface area contributed by atoms with Gasteiger partial charge in [0.15, 0.2) is 10.8 Å². The number of hydrogen-bond donors (Lipinski definition) is 2. The van der Waals surface area contributed by atoms with Crippen molar-refractivity contribution in [2.75, 3.05) is 18.1 Å². The molecule has 29 heavy (non-hydrogen) atoms. The summed E-state index contributed by atoms with van der Waals surface area (Å²) < 4.78 is 1.83. The van der Waals surface area contributed by atoms with Gasteiger partial charge >= 0.3 is 0 Å². The summed E-state index contributed by atoms with van der Waals surface area (Å²) in [6, 6.07) is 10.5. The molecule has 0 aliphatic carbocycles. The Balaban J connectivity index is 1.54. The third-order valence-electron chi connectivity index (χ3n) is 4.44. The zero-order valence-corrected chi connectivity index (χ0v) is 18.0. The van der Waals surface area contributed by atoms with Crippen molar-refractivity contribution in [3.8, 4) is 0 Å². The lowest BCUT2D eigenvalue weighted by Gasteiger charge is -2.11. The molecule has 0 bridgehead atoms. The number of thioether (sulfide) groups is 1. The number of nitrogens with one attached hydrogen (secondary N) is 2. The van der Waals surface area contributed by atoms with Crippen LogP contribution in [0.25, 0.3) is 11.0 Å². The first-order chi connectivity index (χ1) is 14.1. The average Bonchev–Trinajstić information content (AvgIpc) is 3.11. The molecule has 0 aliphatic rings. The van der Waals surface area contributed by atoms with Crippen LogP contribution < -0.4 is 10.6 Å². The average molecular weight is 413 g/mol. The summed E-state index contributed by atoms with van der Waals surface area (Å²) in [5.74, 6) is 0.865. The minimum Gasteiger partial charge on any atom is -0.367 e. The Hall–Kier alpha value is -2.61. The largest absolute Gasteiger partial charge is 0.367 e. The second kappa shape index (κ2) is 10.2. The molecule has 0 saturated carbocycles. The highest BCUT2D eigenvalue weighted by molar-refractivity contribution is 7.98. The van der Waals surface area contributed by atoms with Crippen LogP contribution in [-0.2, 0) is 17.8 Å². The van der Waals surface area contributed by atoms with E-state index in [1.807, 2.05) is 29.1 Å². The standard InChI is InChI=1S/C21H28N6OS/c1-15(2)24-19-17-14-23-27(20(17)26-21(25-19)29-3)13-12-22-18(28)11-7-10-16-8-5-4-6-9-16/h4-6,8-9,14-15H,7,10-13H2,1-3H3,(H,22,28)(H,24,25,26). The van der Waals surface area contributed by atoms with Gasteiger partial charge in [-0.1, -0.05) is 42.1 Å². The SMILES string of the molecule is CSc1nc(NC(C)C)c2cnn(CCNC(=O)CCCc3ccccc3)c2n1. The summed E-state index contributed by atoms with van der Waals surface area (Å²) in [6.07, 6.45) is 6.02. The number of anilines is 1. The third kappa shape index (κ3) is 5.93. The van der Waals surface area contributed by atoms with Crippen molar-refractivity contribution in [1.82, 2.24) is 25.1 Å². The second-order valence-electron chi connectivity index (χ2n) is 7.15. The van der Waals surface area contributed by atoms with Crippen LogP contribution in [0.1, 0.15) is 32.3 Å². The predicted octanol–water partition coefficient (Wildman–Crippen LogP) is 3.51. The summed E-state index contributed by atoms with van der Waals surface area (Å²) in [5.41, 5.74) is 2.05. The molecule has 0 fully saturated rings. The number of fused-ring (bicyclic) bond motifs is 1. The Morgan fingerprint density at radius 1 is 1.21 bits per heavy atom. The summed E-state index contributed by atoms with van der Waals surface area (Å²) in [4.78, 5) is 21.3. The summed E-state index contributed by atoms with van der Waals surface area (Å²) in [5, 5.41) is 12.4. The first-order valence-corrected chi connectivity index (χ1v) is 11.1. The van der Waals surface area contributed by atoms with Gasteiger partial charge in [0.1, 0.15) is 5.82 Å². The van der Waals surface area contributed by atoms with E-state index < -0.39 is 0 Å². The molecule has 1 amide bonds. The fraction of sp³-hybridized carbons (Fsp3) is 0.429. The number of aromatic nitrogens is 4. The molecular weight excluding hydrogens is 384 g/mol. The van der Waals surface area contributed by atoms with Crippen LogP contribution in [0, 0.1) is 0 Å². The summed E-state index contributed by atoms with van der Waals surface area (Å²) in [7, 11) is 0. The number of amides is 1. The van der Waals surface area contributed by atoms with Crippen molar-refractivity contribution < 1.29 is 4.79 Å². The van der Waals surface area contributed by atoms with Crippen molar-refractivity contribution in [3.63, 3.8) is 0 Å². The van der Waals surface area contributed by atoms with E-state index in [1.54, 1.807) is 6.20 Å². The maximum absolute atomic E-state index is 12.1. The van der Waals surface area contributed by atoms with Gasteiger partial charge in [-0.05, 0) is 38.5 Å². The molecule has 0 saturated heterocycles. The molecule has 0 unspecified atom stereocenters. The van der Waals surface area contributed by atoms with E-state index in [0.717, 1.165) is 29.7 Å². The van der Waals surface area contributed by atoms with Gasteiger partial charge in [-0.25, -0.2) is 14.6 Å². The zero-order chi connectivity index (χ0) is 20.6. The number of benzene rings is 1. The van der Waals surface area contributed by atoms with Crippen molar-refractivity contribution in [2.45, 2.75) is 50.9 Å².